The maximum absolute atomic E-state index is 13.3. The normalized spacial score (nSPS) is 10.4. The van der Waals surface area contributed by atoms with E-state index in [1.54, 1.807) is 27.9 Å². The van der Waals surface area contributed by atoms with Gasteiger partial charge in [-0.3, -0.25) is 4.79 Å². The predicted octanol–water partition coefficient (Wildman–Crippen LogP) is 4.79. The van der Waals surface area contributed by atoms with E-state index in [1.165, 1.54) is 0 Å². The van der Waals surface area contributed by atoms with Gasteiger partial charge in [0.05, 0.1) is 42.2 Å². The molecule has 1 heterocycles. The highest BCUT2D eigenvalue weighted by molar-refractivity contribution is 6.30. The summed E-state index contributed by atoms with van der Waals surface area (Å²) < 4.78 is 7.15. The lowest BCUT2D eigenvalue weighted by atomic mass is 10.2. The number of halogens is 1. The van der Waals surface area contributed by atoms with Gasteiger partial charge in [-0.2, -0.15) is 10.4 Å². The molecule has 1 amide bonds. The summed E-state index contributed by atoms with van der Waals surface area (Å²) in [5.41, 5.74) is 2.64. The number of carbonyl (C=O) groups is 1. The molecule has 2 aromatic carbocycles. The molecule has 0 aliphatic heterocycles. The molecule has 0 saturated heterocycles. The first-order valence-corrected chi connectivity index (χ1v) is 9.65. The molecule has 0 spiro atoms. The van der Waals surface area contributed by atoms with E-state index in [9.17, 15) is 4.79 Å². The molecule has 0 saturated carbocycles. The minimum Gasteiger partial charge on any atom is -0.494 e. The van der Waals surface area contributed by atoms with Crippen molar-refractivity contribution in [2.45, 2.75) is 20.3 Å². The third kappa shape index (κ3) is 4.58. The molecule has 3 aromatic rings. The smallest absolute Gasteiger partial charge is 0.261 e. The van der Waals surface area contributed by atoms with Crippen molar-refractivity contribution in [3.8, 4) is 17.5 Å². The number of anilines is 1. The van der Waals surface area contributed by atoms with Crippen LogP contribution in [0, 0.1) is 18.3 Å². The van der Waals surface area contributed by atoms with Crippen LogP contribution in [-0.4, -0.2) is 28.8 Å². The molecule has 1 aromatic heterocycles. The van der Waals surface area contributed by atoms with Crippen molar-refractivity contribution in [2.75, 3.05) is 18.1 Å². The average molecular weight is 409 g/mol. The Morgan fingerprint density at radius 2 is 2.03 bits per heavy atom. The van der Waals surface area contributed by atoms with Crippen LogP contribution in [0.4, 0.5) is 5.69 Å². The van der Waals surface area contributed by atoms with Gasteiger partial charge < -0.3 is 9.64 Å². The van der Waals surface area contributed by atoms with E-state index in [4.69, 9.17) is 21.6 Å². The quantitative estimate of drug-likeness (QED) is 0.563. The monoisotopic (exact) mass is 408 g/mol. The summed E-state index contributed by atoms with van der Waals surface area (Å²) in [4.78, 5) is 14.9. The fraction of sp³-hybridized carbons (Fsp3) is 0.227. The van der Waals surface area contributed by atoms with E-state index in [1.807, 2.05) is 50.2 Å². The number of hydrogen-bond acceptors (Lipinski definition) is 4. The number of hydrogen-bond donors (Lipinski definition) is 0. The Morgan fingerprint density at radius 1 is 1.28 bits per heavy atom. The third-order valence-corrected chi connectivity index (χ3v) is 4.68. The molecule has 0 unspecified atom stereocenters. The van der Waals surface area contributed by atoms with Crippen LogP contribution in [0.25, 0.3) is 5.69 Å². The number of carbonyl (C=O) groups excluding carboxylic acids is 1. The molecule has 0 bridgehead atoms. The Hall–Kier alpha value is -3.30. The van der Waals surface area contributed by atoms with E-state index in [-0.39, 0.29) is 18.9 Å². The van der Waals surface area contributed by atoms with Crippen LogP contribution in [0.1, 0.15) is 29.4 Å². The fourth-order valence-electron chi connectivity index (χ4n) is 3.03. The molecular weight excluding hydrogens is 388 g/mol. The third-order valence-electron chi connectivity index (χ3n) is 4.44. The summed E-state index contributed by atoms with van der Waals surface area (Å²) in [5, 5.41) is 14.0. The largest absolute Gasteiger partial charge is 0.494 e. The van der Waals surface area contributed by atoms with Gasteiger partial charge in [0, 0.05) is 17.3 Å². The van der Waals surface area contributed by atoms with Crippen molar-refractivity contribution in [1.82, 2.24) is 9.78 Å². The van der Waals surface area contributed by atoms with Gasteiger partial charge in [0.15, 0.2) is 0 Å². The lowest BCUT2D eigenvalue weighted by Crippen LogP contribution is -2.32. The standard InChI is InChI=1S/C22H21ClN4O2/c1-3-29-20-10-8-18(9-11-20)26(13-5-12-24)22(28)21-15-25-27(16(21)2)19-7-4-6-17(23)14-19/h4,6-11,14-15H,3,5,13H2,1-2H3. The zero-order valence-electron chi connectivity index (χ0n) is 16.3. The van der Waals surface area contributed by atoms with Crippen LogP contribution in [0.3, 0.4) is 0 Å². The molecule has 0 atom stereocenters. The average Bonchev–Trinajstić information content (AvgIpc) is 3.11. The number of rotatable bonds is 7. The Morgan fingerprint density at radius 3 is 2.69 bits per heavy atom. The minimum atomic E-state index is -0.213. The highest BCUT2D eigenvalue weighted by Crippen LogP contribution is 2.24. The van der Waals surface area contributed by atoms with Gasteiger partial charge in [-0.25, -0.2) is 4.68 Å². The highest BCUT2D eigenvalue weighted by atomic mass is 35.5. The molecule has 0 fully saturated rings. The van der Waals surface area contributed by atoms with Crippen LogP contribution >= 0.6 is 11.6 Å². The first-order chi connectivity index (χ1) is 14.0. The van der Waals surface area contributed by atoms with Crippen molar-refractivity contribution in [3.05, 3.63) is 71.0 Å². The minimum absolute atomic E-state index is 0.213. The number of ether oxygens (including phenoxy) is 1. The van der Waals surface area contributed by atoms with E-state index in [0.717, 1.165) is 11.4 Å². The van der Waals surface area contributed by atoms with E-state index in [2.05, 4.69) is 11.2 Å². The number of nitriles is 1. The van der Waals surface area contributed by atoms with Crippen LogP contribution in [-0.2, 0) is 0 Å². The van der Waals surface area contributed by atoms with Crippen molar-refractivity contribution in [2.24, 2.45) is 0 Å². The van der Waals surface area contributed by atoms with Gasteiger partial charge in [-0.15, -0.1) is 0 Å². The van der Waals surface area contributed by atoms with Crippen LogP contribution in [0.5, 0.6) is 5.75 Å². The summed E-state index contributed by atoms with van der Waals surface area (Å²) in [6.45, 7) is 4.60. The Kier molecular flexibility index (Phi) is 6.53. The molecule has 6 nitrogen and oxygen atoms in total. The van der Waals surface area contributed by atoms with Gasteiger partial charge in [0.1, 0.15) is 5.75 Å². The molecule has 0 aliphatic carbocycles. The van der Waals surface area contributed by atoms with Crippen LogP contribution in [0.15, 0.2) is 54.7 Å². The second-order valence-corrected chi connectivity index (χ2v) is 6.76. The summed E-state index contributed by atoms with van der Waals surface area (Å²) in [7, 11) is 0. The van der Waals surface area contributed by atoms with Crippen LogP contribution < -0.4 is 9.64 Å². The van der Waals surface area contributed by atoms with Gasteiger partial charge in [-0.1, -0.05) is 17.7 Å². The van der Waals surface area contributed by atoms with Crippen LogP contribution in [0.2, 0.25) is 5.02 Å². The first-order valence-electron chi connectivity index (χ1n) is 9.27. The van der Waals surface area contributed by atoms with Crippen molar-refractivity contribution < 1.29 is 9.53 Å². The Bertz CT molecular complexity index is 1040. The van der Waals surface area contributed by atoms with Gasteiger partial charge in [-0.05, 0) is 56.3 Å². The van der Waals surface area contributed by atoms with Gasteiger partial charge >= 0.3 is 0 Å². The number of nitrogens with zero attached hydrogens (tertiary/aromatic N) is 4. The van der Waals surface area contributed by atoms with E-state index >= 15 is 0 Å². The molecule has 0 aliphatic rings. The summed E-state index contributed by atoms with van der Waals surface area (Å²) >= 11 is 6.08. The van der Waals surface area contributed by atoms with Gasteiger partial charge in [0.2, 0.25) is 0 Å². The molecule has 0 radical (unpaired) electrons. The van der Waals surface area contributed by atoms with Crippen molar-refractivity contribution >= 4 is 23.2 Å². The molecular formula is C22H21ClN4O2. The number of amides is 1. The Balaban J connectivity index is 1.93. The molecule has 7 heteroatoms. The predicted molar refractivity (Wildman–Crippen MR) is 113 cm³/mol. The van der Waals surface area contributed by atoms with Crippen molar-refractivity contribution in [1.29, 1.82) is 5.26 Å². The summed E-state index contributed by atoms with van der Waals surface area (Å²) in [6.07, 6.45) is 1.77. The number of aromatic nitrogens is 2. The SMILES string of the molecule is CCOc1ccc(N(CCC#N)C(=O)c2cnn(-c3cccc(Cl)c3)c2C)cc1. The summed E-state index contributed by atoms with van der Waals surface area (Å²) in [6, 6.07) is 16.6. The Labute approximate surface area is 174 Å². The highest BCUT2D eigenvalue weighted by Gasteiger charge is 2.22. The first kappa shape index (κ1) is 20.4. The molecule has 3 rings (SSSR count). The zero-order chi connectivity index (χ0) is 20.8. The van der Waals surface area contributed by atoms with E-state index in [0.29, 0.717) is 28.6 Å². The maximum Gasteiger partial charge on any atom is 0.261 e. The fourth-order valence-corrected chi connectivity index (χ4v) is 3.22. The van der Waals surface area contributed by atoms with Crippen molar-refractivity contribution in [3.63, 3.8) is 0 Å². The number of benzene rings is 2. The lowest BCUT2D eigenvalue weighted by molar-refractivity contribution is 0.0987. The maximum atomic E-state index is 13.3. The van der Waals surface area contributed by atoms with Gasteiger partial charge in [0.25, 0.3) is 5.91 Å². The molecule has 29 heavy (non-hydrogen) atoms. The zero-order valence-corrected chi connectivity index (χ0v) is 17.1. The topological polar surface area (TPSA) is 71.2 Å². The molecule has 0 N–H and O–H groups in total. The molecule has 148 valence electrons. The second kappa shape index (κ2) is 9.26. The second-order valence-electron chi connectivity index (χ2n) is 6.33. The lowest BCUT2D eigenvalue weighted by Gasteiger charge is -2.22. The summed E-state index contributed by atoms with van der Waals surface area (Å²) in [5.74, 6) is 0.518. The van der Waals surface area contributed by atoms with E-state index < -0.39 is 0 Å².